The lowest BCUT2D eigenvalue weighted by atomic mass is 10.0. The predicted octanol–water partition coefficient (Wildman–Crippen LogP) is 6.78. The Kier molecular flexibility index (Phi) is 11.4. The molecule has 0 aliphatic rings. The monoisotopic (exact) mass is 823 g/mol. The van der Waals surface area contributed by atoms with Crippen molar-refractivity contribution in [3.63, 3.8) is 0 Å². The minimum atomic E-state index is -4.00. The van der Waals surface area contributed by atoms with E-state index in [1.165, 1.54) is 40.6 Å². The molecule has 57 heavy (non-hydrogen) atoms. The summed E-state index contributed by atoms with van der Waals surface area (Å²) >= 11 is 6.86. The number of rotatable bonds is 12. The molecule has 0 spiro atoms. The topological polar surface area (TPSA) is 160 Å². The molecule has 18 heteroatoms. The van der Waals surface area contributed by atoms with Gasteiger partial charge in [-0.3, -0.25) is 14.0 Å². The van der Waals surface area contributed by atoms with Gasteiger partial charge < -0.3 is 19.5 Å². The van der Waals surface area contributed by atoms with Crippen LogP contribution in [0, 0.1) is 11.6 Å². The average molecular weight is 824 g/mol. The van der Waals surface area contributed by atoms with Crippen molar-refractivity contribution in [1.29, 1.82) is 0 Å². The number of nitrogens with one attached hydrogen (secondary N) is 1. The normalized spacial score (nSPS) is 12.5. The fraction of sp³-hybridized carbons (Fsp3) is 0.308. The van der Waals surface area contributed by atoms with Crippen molar-refractivity contribution in [3.05, 3.63) is 111 Å². The molecule has 0 radical (unpaired) electrons. The van der Waals surface area contributed by atoms with Crippen molar-refractivity contribution in [1.82, 2.24) is 29.6 Å². The van der Waals surface area contributed by atoms with Crippen LogP contribution in [0.2, 0.25) is 5.02 Å². The summed E-state index contributed by atoms with van der Waals surface area (Å²) in [6, 6.07) is 14.5. The highest BCUT2D eigenvalue weighted by atomic mass is 35.5. The van der Waals surface area contributed by atoms with E-state index in [1.54, 1.807) is 59.0 Å². The molecule has 0 aliphatic heterocycles. The van der Waals surface area contributed by atoms with E-state index in [1.807, 2.05) is 0 Å². The summed E-state index contributed by atoms with van der Waals surface area (Å²) in [6.07, 6.45) is -0.141. The van der Waals surface area contributed by atoms with Crippen LogP contribution in [0.3, 0.4) is 0 Å². The molecule has 3 heterocycles. The van der Waals surface area contributed by atoms with Crippen molar-refractivity contribution in [2.24, 2.45) is 7.05 Å². The molecule has 0 aliphatic carbocycles. The van der Waals surface area contributed by atoms with Crippen LogP contribution in [-0.4, -0.2) is 64.4 Å². The summed E-state index contributed by atoms with van der Waals surface area (Å²) in [5, 5.41) is 7.72. The van der Waals surface area contributed by atoms with Gasteiger partial charge in [0.05, 0.1) is 59.6 Å². The maximum atomic E-state index is 14.8. The zero-order chi connectivity index (χ0) is 41.4. The zero-order valence-corrected chi connectivity index (χ0v) is 33.7. The number of anilines is 1. The predicted molar refractivity (Wildman–Crippen MR) is 212 cm³/mol. The second-order valence-electron chi connectivity index (χ2n) is 14.1. The number of halogens is 3. The van der Waals surface area contributed by atoms with E-state index in [0.717, 1.165) is 22.7 Å². The number of hydrogen-bond donors (Lipinski definition) is 1. The lowest BCUT2D eigenvalue weighted by Gasteiger charge is -2.26. The van der Waals surface area contributed by atoms with Crippen molar-refractivity contribution in [2.45, 2.75) is 52.3 Å². The molecule has 0 saturated heterocycles. The molecule has 0 bridgehead atoms. The third kappa shape index (κ3) is 8.94. The van der Waals surface area contributed by atoms with Crippen molar-refractivity contribution in [2.75, 3.05) is 24.3 Å². The van der Waals surface area contributed by atoms with Crippen LogP contribution in [0.5, 0.6) is 11.6 Å². The van der Waals surface area contributed by atoms with Gasteiger partial charge in [-0.25, -0.2) is 31.3 Å². The quantitative estimate of drug-likeness (QED) is 0.139. The number of methoxy groups -OCH3 is 1. The number of benzene rings is 3. The third-order valence-electron chi connectivity index (χ3n) is 8.65. The zero-order valence-electron chi connectivity index (χ0n) is 32.1. The first kappa shape index (κ1) is 40.8. The SMILES string of the molecule is CCOc1ccc2c(=O)n(-c3ccc(Cl)c4c(N(Cc5ccc(OC)cc5)S(C)(=O)=O)nn(C)c34)c([C@H](Cc3cc(F)cc(F)c3)NC(=O)OC(C)(C)C)nc2n1. The van der Waals surface area contributed by atoms with E-state index in [-0.39, 0.29) is 75.3 Å². The molecule has 6 aromatic rings. The Morgan fingerprint density at radius 1 is 1.00 bits per heavy atom. The fourth-order valence-corrected chi connectivity index (χ4v) is 7.38. The van der Waals surface area contributed by atoms with Crippen LogP contribution < -0.4 is 24.7 Å². The van der Waals surface area contributed by atoms with Crippen LogP contribution >= 0.6 is 11.6 Å². The van der Waals surface area contributed by atoms with E-state index in [0.29, 0.717) is 17.4 Å². The molecule has 1 N–H and O–H groups in total. The largest absolute Gasteiger partial charge is 0.497 e. The molecule has 0 fully saturated rings. The van der Waals surface area contributed by atoms with Crippen molar-refractivity contribution < 1.29 is 36.2 Å². The van der Waals surface area contributed by atoms with E-state index >= 15 is 0 Å². The first-order chi connectivity index (χ1) is 26.9. The fourth-order valence-electron chi connectivity index (χ4n) is 6.32. The van der Waals surface area contributed by atoms with Gasteiger partial charge in [-0.1, -0.05) is 23.7 Å². The Hall–Kier alpha value is -5.81. The van der Waals surface area contributed by atoms with Crippen molar-refractivity contribution in [3.8, 4) is 17.3 Å². The van der Waals surface area contributed by atoms with Gasteiger partial charge in [0.25, 0.3) is 5.56 Å². The minimum Gasteiger partial charge on any atom is -0.497 e. The Morgan fingerprint density at radius 2 is 1.68 bits per heavy atom. The van der Waals surface area contributed by atoms with Crippen LogP contribution in [0.15, 0.2) is 71.5 Å². The van der Waals surface area contributed by atoms with Gasteiger partial charge in [-0.05, 0) is 81.3 Å². The van der Waals surface area contributed by atoms with Crippen LogP contribution in [-0.2, 0) is 34.8 Å². The maximum absolute atomic E-state index is 14.8. The van der Waals surface area contributed by atoms with Crippen molar-refractivity contribution >= 4 is 55.5 Å². The Balaban J connectivity index is 1.64. The summed E-state index contributed by atoms with van der Waals surface area (Å²) in [4.78, 5) is 37.5. The highest BCUT2D eigenvalue weighted by Gasteiger charge is 2.31. The highest BCUT2D eigenvalue weighted by Crippen LogP contribution is 2.38. The lowest BCUT2D eigenvalue weighted by Crippen LogP contribution is -2.39. The second kappa shape index (κ2) is 16.0. The second-order valence-corrected chi connectivity index (χ2v) is 16.4. The Bertz CT molecular complexity index is 2650. The number of carbonyl (C=O) groups is 1. The number of sulfonamides is 1. The first-order valence-electron chi connectivity index (χ1n) is 17.6. The van der Waals surface area contributed by atoms with E-state index in [4.69, 9.17) is 30.8 Å². The lowest BCUT2D eigenvalue weighted by molar-refractivity contribution is 0.0500. The number of aromatic nitrogens is 5. The molecular formula is C39H40ClF2N7O7S. The number of ether oxygens (including phenoxy) is 3. The summed E-state index contributed by atoms with van der Waals surface area (Å²) in [5.41, 5.74) is -0.552. The summed E-state index contributed by atoms with van der Waals surface area (Å²) in [7, 11) is -0.923. The molecule has 6 rings (SSSR count). The smallest absolute Gasteiger partial charge is 0.408 e. The first-order valence-corrected chi connectivity index (χ1v) is 19.9. The number of aryl methyl sites for hydroxylation is 1. The molecule has 0 saturated carbocycles. The van der Waals surface area contributed by atoms with E-state index < -0.39 is 45.0 Å². The molecule has 1 amide bonds. The van der Waals surface area contributed by atoms with Gasteiger partial charge in [0.15, 0.2) is 11.5 Å². The van der Waals surface area contributed by atoms with Crippen LogP contribution in [0.1, 0.15) is 50.7 Å². The Morgan fingerprint density at radius 3 is 2.30 bits per heavy atom. The minimum absolute atomic E-state index is 0.0253. The van der Waals surface area contributed by atoms with E-state index in [2.05, 4.69) is 15.4 Å². The molecule has 1 atom stereocenters. The number of hydrogen-bond acceptors (Lipinski definition) is 10. The Labute approximate surface area is 332 Å². The molecule has 300 valence electrons. The van der Waals surface area contributed by atoms with Gasteiger partial charge in [0.1, 0.15) is 28.8 Å². The summed E-state index contributed by atoms with van der Waals surface area (Å²) < 4.78 is 76.1. The molecular weight excluding hydrogens is 784 g/mol. The van der Waals surface area contributed by atoms with Gasteiger partial charge in [-0.15, -0.1) is 0 Å². The maximum Gasteiger partial charge on any atom is 0.408 e. The molecule has 3 aromatic heterocycles. The number of nitrogens with zero attached hydrogens (tertiary/aromatic N) is 6. The third-order valence-corrected chi connectivity index (χ3v) is 10.1. The van der Waals surface area contributed by atoms with Gasteiger partial charge >= 0.3 is 6.09 Å². The molecule has 0 unspecified atom stereocenters. The molecule has 3 aromatic carbocycles. The highest BCUT2D eigenvalue weighted by molar-refractivity contribution is 7.92. The number of amides is 1. The standard InChI is InChI=1S/C39H40ClF2N7O7S/c1-8-55-31-16-13-27-34(44-31)45-35(29(43-38(51)56-39(2,3)4)19-23-17-24(41)20-25(42)18-23)49(37(27)50)30-15-14-28(40)32-33(30)47(5)46-36(32)48(57(7,52)53)21-22-9-11-26(54-6)12-10-22/h9-18,20,29H,8,19,21H2,1-7H3,(H,43,51)/t29-/m0/s1. The number of alkyl carbamates (subject to hydrolysis) is 1. The number of fused-ring (bicyclic) bond motifs is 2. The van der Waals surface area contributed by atoms with Crippen LogP contribution in [0.4, 0.5) is 19.4 Å². The summed E-state index contributed by atoms with van der Waals surface area (Å²) in [6.45, 7) is 6.88. The van der Waals surface area contributed by atoms with Gasteiger partial charge in [-0.2, -0.15) is 10.1 Å². The van der Waals surface area contributed by atoms with Crippen LogP contribution in [0.25, 0.3) is 27.6 Å². The molecule has 14 nitrogen and oxygen atoms in total. The summed E-state index contributed by atoms with van der Waals surface area (Å²) in [5.74, 6) is -1.11. The van der Waals surface area contributed by atoms with Gasteiger partial charge in [0.2, 0.25) is 15.9 Å². The average Bonchev–Trinajstić information content (AvgIpc) is 3.46. The number of pyridine rings is 1. The van der Waals surface area contributed by atoms with Gasteiger partial charge in [0, 0.05) is 25.6 Å². The van der Waals surface area contributed by atoms with E-state index in [9.17, 15) is 26.8 Å². The number of carbonyl (C=O) groups excluding carboxylic acids is 1.